The van der Waals surface area contributed by atoms with Crippen LogP contribution in [0.5, 0.6) is 0 Å². The van der Waals surface area contributed by atoms with Gasteiger partial charge in [0.05, 0.1) is 6.26 Å². The normalized spacial score (nSPS) is 11.1. The van der Waals surface area contributed by atoms with Crippen molar-refractivity contribution >= 4 is 29.9 Å². The molecule has 3 heterocycles. The quantitative estimate of drug-likeness (QED) is 0.205. The maximum absolute atomic E-state index is 5.56. The minimum Gasteiger partial charge on any atom is -0.467 e. The number of aromatic nitrogens is 3. The largest absolute Gasteiger partial charge is 0.467 e. The minimum absolute atomic E-state index is 0. The van der Waals surface area contributed by atoms with Gasteiger partial charge in [-0.3, -0.25) is 9.56 Å². The molecule has 3 rings (SSSR count). The molecule has 150 valence electrons. The van der Waals surface area contributed by atoms with E-state index in [1.54, 1.807) is 32.0 Å². The van der Waals surface area contributed by atoms with Gasteiger partial charge < -0.3 is 19.8 Å². The zero-order valence-electron chi connectivity index (χ0n) is 15.7. The van der Waals surface area contributed by atoms with Crippen LogP contribution in [0, 0.1) is 0 Å². The molecule has 28 heavy (non-hydrogen) atoms. The zero-order chi connectivity index (χ0) is 18.7. The van der Waals surface area contributed by atoms with Gasteiger partial charge in [0.1, 0.15) is 24.5 Å². The van der Waals surface area contributed by atoms with Gasteiger partial charge in [0.25, 0.3) is 0 Å². The van der Waals surface area contributed by atoms with E-state index in [9.17, 15) is 0 Å². The fraction of sp³-hybridized carbons (Fsp3) is 0.316. The summed E-state index contributed by atoms with van der Waals surface area (Å²) in [4.78, 5) is 12.6. The van der Waals surface area contributed by atoms with Crippen molar-refractivity contribution in [1.82, 2.24) is 25.2 Å². The number of aliphatic imine (C=N–C) groups is 1. The molecule has 0 saturated carbocycles. The third kappa shape index (κ3) is 6.97. The molecule has 0 amide bonds. The van der Waals surface area contributed by atoms with Gasteiger partial charge in [-0.2, -0.15) is 0 Å². The number of guanidine groups is 1. The van der Waals surface area contributed by atoms with Crippen molar-refractivity contribution in [3.05, 3.63) is 66.8 Å². The summed E-state index contributed by atoms with van der Waals surface area (Å²) >= 11 is 0. The number of nitrogens with zero attached hydrogens (tertiary/aromatic N) is 4. The molecule has 3 aromatic rings. The highest BCUT2D eigenvalue weighted by Crippen LogP contribution is 2.06. The summed E-state index contributed by atoms with van der Waals surface area (Å²) in [6.45, 7) is 2.58. The predicted molar refractivity (Wildman–Crippen MR) is 118 cm³/mol. The van der Waals surface area contributed by atoms with Crippen LogP contribution in [-0.2, 0) is 17.9 Å². The maximum Gasteiger partial charge on any atom is 0.191 e. The van der Waals surface area contributed by atoms with E-state index in [0.717, 1.165) is 36.1 Å². The Labute approximate surface area is 181 Å². The molecule has 8 nitrogen and oxygen atoms in total. The van der Waals surface area contributed by atoms with Crippen LogP contribution in [0.3, 0.4) is 0 Å². The fourth-order valence-corrected chi connectivity index (χ4v) is 2.46. The molecule has 0 spiro atoms. The molecule has 0 aliphatic rings. The first-order valence-electron chi connectivity index (χ1n) is 8.83. The molecule has 9 heteroatoms. The summed E-state index contributed by atoms with van der Waals surface area (Å²) in [7, 11) is 1.76. The van der Waals surface area contributed by atoms with Crippen molar-refractivity contribution in [2.45, 2.75) is 19.6 Å². The van der Waals surface area contributed by atoms with Crippen LogP contribution in [0.4, 0.5) is 0 Å². The number of furan rings is 1. The minimum atomic E-state index is 0. The molecule has 0 radical (unpaired) electrons. The van der Waals surface area contributed by atoms with E-state index < -0.39 is 0 Å². The molecular weight excluding hydrogens is 471 g/mol. The van der Waals surface area contributed by atoms with E-state index in [-0.39, 0.29) is 24.0 Å². The monoisotopic (exact) mass is 496 g/mol. The number of rotatable bonds is 9. The number of imidazole rings is 1. The van der Waals surface area contributed by atoms with Crippen LogP contribution >= 0.6 is 24.0 Å². The molecular formula is C19H25IN6O2. The smallest absolute Gasteiger partial charge is 0.191 e. The molecule has 0 unspecified atom stereocenters. The van der Waals surface area contributed by atoms with Gasteiger partial charge in [0.2, 0.25) is 0 Å². The Morgan fingerprint density at radius 1 is 1.29 bits per heavy atom. The van der Waals surface area contributed by atoms with Crippen molar-refractivity contribution in [1.29, 1.82) is 0 Å². The van der Waals surface area contributed by atoms with Crippen LogP contribution in [-0.4, -0.2) is 40.7 Å². The molecule has 2 N–H and O–H groups in total. The average molecular weight is 496 g/mol. The Kier molecular flexibility index (Phi) is 9.49. The summed E-state index contributed by atoms with van der Waals surface area (Å²) in [6, 6.07) is 7.76. The van der Waals surface area contributed by atoms with Crippen molar-refractivity contribution < 1.29 is 9.15 Å². The van der Waals surface area contributed by atoms with Gasteiger partial charge in [-0.15, -0.1) is 24.0 Å². The number of nitrogens with one attached hydrogen (secondary N) is 2. The van der Waals surface area contributed by atoms with E-state index in [2.05, 4.69) is 25.6 Å². The lowest BCUT2D eigenvalue weighted by Gasteiger charge is -2.12. The van der Waals surface area contributed by atoms with E-state index in [4.69, 9.17) is 9.15 Å². The Balaban J connectivity index is 0.00000280. The van der Waals surface area contributed by atoms with Gasteiger partial charge in [-0.25, -0.2) is 9.97 Å². The van der Waals surface area contributed by atoms with Crippen molar-refractivity contribution in [2.75, 3.05) is 20.2 Å². The lowest BCUT2D eigenvalue weighted by atomic mass is 10.2. The highest BCUT2D eigenvalue weighted by Gasteiger charge is 2.02. The topological polar surface area (TPSA) is 89.5 Å². The summed E-state index contributed by atoms with van der Waals surface area (Å²) in [6.07, 6.45) is 9.65. The molecule has 0 aliphatic carbocycles. The molecule has 0 fully saturated rings. The zero-order valence-corrected chi connectivity index (χ0v) is 18.1. The standard InChI is InChI=1S/C19H24N6O2.HI/c1-20-19(23-6-3-10-26-14-17-4-2-11-27-17)24-13-16-5-7-22-18(12-16)25-9-8-21-15-25;/h2,4-5,7-9,11-12,15H,3,6,10,13-14H2,1H3,(H2,20,23,24);1H. The summed E-state index contributed by atoms with van der Waals surface area (Å²) in [5.41, 5.74) is 1.11. The van der Waals surface area contributed by atoms with Crippen LogP contribution < -0.4 is 10.6 Å². The van der Waals surface area contributed by atoms with E-state index in [0.29, 0.717) is 19.8 Å². The van der Waals surface area contributed by atoms with Gasteiger partial charge >= 0.3 is 0 Å². The molecule has 3 aromatic heterocycles. The van der Waals surface area contributed by atoms with Crippen LogP contribution in [0.25, 0.3) is 5.82 Å². The number of pyridine rings is 1. The Morgan fingerprint density at radius 2 is 2.21 bits per heavy atom. The molecule has 0 bridgehead atoms. The van der Waals surface area contributed by atoms with Gasteiger partial charge in [0, 0.05) is 45.3 Å². The number of ether oxygens (including phenoxy) is 1. The summed E-state index contributed by atoms with van der Waals surface area (Å²) in [5, 5.41) is 6.58. The highest BCUT2D eigenvalue weighted by atomic mass is 127. The number of hydrogen-bond acceptors (Lipinski definition) is 5. The van der Waals surface area contributed by atoms with E-state index >= 15 is 0 Å². The first kappa shape index (κ1) is 21.9. The first-order chi connectivity index (χ1) is 13.3. The second kappa shape index (κ2) is 12.1. The predicted octanol–water partition coefficient (Wildman–Crippen LogP) is 2.75. The van der Waals surface area contributed by atoms with Gasteiger partial charge in [-0.05, 0) is 36.2 Å². The average Bonchev–Trinajstić information content (AvgIpc) is 3.41. The Hall–Kier alpha value is -2.40. The lowest BCUT2D eigenvalue weighted by molar-refractivity contribution is 0.105. The van der Waals surface area contributed by atoms with Crippen molar-refractivity contribution in [2.24, 2.45) is 4.99 Å². The van der Waals surface area contributed by atoms with Crippen LogP contribution in [0.15, 0.2) is 64.9 Å². The number of hydrogen-bond donors (Lipinski definition) is 2. The lowest BCUT2D eigenvalue weighted by Crippen LogP contribution is -2.37. The summed E-state index contributed by atoms with van der Waals surface area (Å²) < 4.78 is 12.7. The molecule has 0 saturated heterocycles. The van der Waals surface area contributed by atoms with Crippen LogP contribution in [0.1, 0.15) is 17.7 Å². The second-order valence-electron chi connectivity index (χ2n) is 5.83. The molecule has 0 atom stereocenters. The van der Waals surface area contributed by atoms with E-state index in [1.165, 1.54) is 0 Å². The van der Waals surface area contributed by atoms with E-state index in [1.807, 2.05) is 35.0 Å². The Bertz CT molecular complexity index is 821. The van der Waals surface area contributed by atoms with Gasteiger partial charge in [0.15, 0.2) is 5.96 Å². The first-order valence-corrected chi connectivity index (χ1v) is 8.83. The maximum atomic E-state index is 5.56. The number of halogens is 1. The highest BCUT2D eigenvalue weighted by molar-refractivity contribution is 14.0. The fourth-order valence-electron chi connectivity index (χ4n) is 2.46. The summed E-state index contributed by atoms with van der Waals surface area (Å²) in [5.74, 6) is 2.43. The van der Waals surface area contributed by atoms with Crippen molar-refractivity contribution in [3.8, 4) is 5.82 Å². The van der Waals surface area contributed by atoms with Crippen molar-refractivity contribution in [3.63, 3.8) is 0 Å². The third-order valence-corrected chi connectivity index (χ3v) is 3.84. The SMILES string of the molecule is CN=C(NCCCOCc1ccco1)NCc1ccnc(-n2ccnc2)c1.I. The second-order valence-corrected chi connectivity index (χ2v) is 5.83. The van der Waals surface area contributed by atoms with Crippen LogP contribution in [0.2, 0.25) is 0 Å². The van der Waals surface area contributed by atoms with Gasteiger partial charge in [-0.1, -0.05) is 0 Å². The Morgan fingerprint density at radius 3 is 2.96 bits per heavy atom. The molecule has 0 aromatic carbocycles. The molecule has 0 aliphatic heterocycles. The third-order valence-electron chi connectivity index (χ3n) is 3.84.